The molecule has 1 aliphatic heterocycles. The van der Waals surface area contributed by atoms with E-state index in [9.17, 15) is 9.59 Å². The molecule has 1 heterocycles. The molecule has 1 aliphatic rings. The van der Waals surface area contributed by atoms with Crippen LogP contribution < -0.4 is 15.4 Å². The lowest BCUT2D eigenvalue weighted by Crippen LogP contribution is -2.40. The highest BCUT2D eigenvalue weighted by Crippen LogP contribution is 2.26. The number of carbonyl (C=O) groups is 2. The van der Waals surface area contributed by atoms with Crippen molar-refractivity contribution >= 4 is 39.1 Å². The van der Waals surface area contributed by atoms with Crippen LogP contribution in [0.5, 0.6) is 5.75 Å². The number of hydrogen-bond donors (Lipinski definition) is 2. The van der Waals surface area contributed by atoms with Crippen molar-refractivity contribution in [2.24, 2.45) is 0 Å². The molecule has 2 amide bonds. The minimum absolute atomic E-state index is 0.0433. The molecule has 2 aromatic carbocycles. The number of benzene rings is 2. The van der Waals surface area contributed by atoms with Crippen LogP contribution >= 0.6 is 15.9 Å². The van der Waals surface area contributed by atoms with Crippen LogP contribution in [0.4, 0.5) is 11.4 Å². The van der Waals surface area contributed by atoms with E-state index in [4.69, 9.17) is 9.47 Å². The van der Waals surface area contributed by atoms with Gasteiger partial charge in [0.1, 0.15) is 5.75 Å². The third kappa shape index (κ3) is 5.24. The Hall–Kier alpha value is -2.58. The fourth-order valence-corrected chi connectivity index (χ4v) is 3.11. The van der Waals surface area contributed by atoms with Gasteiger partial charge in [-0.25, -0.2) is 0 Å². The van der Waals surface area contributed by atoms with Crippen molar-refractivity contribution in [1.29, 1.82) is 0 Å². The van der Waals surface area contributed by atoms with Crippen LogP contribution in [0, 0.1) is 0 Å². The molecular weight excluding hydrogens is 426 g/mol. The Kier molecular flexibility index (Phi) is 6.89. The van der Waals surface area contributed by atoms with Crippen molar-refractivity contribution in [3.8, 4) is 5.75 Å². The van der Waals surface area contributed by atoms with E-state index in [1.54, 1.807) is 30.2 Å². The zero-order valence-electron chi connectivity index (χ0n) is 15.5. The standard InChI is InChI=1S/C20H22BrN3O4/c1-27-18-7-2-14(20(26)24-8-10-28-11-9-24)12-17(18)22-13-19(25)23-16-5-3-15(21)4-6-16/h2-7,12,22H,8-11,13H2,1H3,(H,23,25). The van der Waals surface area contributed by atoms with E-state index in [1.807, 2.05) is 24.3 Å². The van der Waals surface area contributed by atoms with E-state index < -0.39 is 0 Å². The monoisotopic (exact) mass is 447 g/mol. The number of methoxy groups -OCH3 is 1. The molecule has 7 nitrogen and oxygen atoms in total. The second kappa shape index (κ2) is 9.57. The van der Waals surface area contributed by atoms with Gasteiger partial charge in [0.25, 0.3) is 5.91 Å². The summed E-state index contributed by atoms with van der Waals surface area (Å²) in [6, 6.07) is 12.5. The fraction of sp³-hybridized carbons (Fsp3) is 0.300. The summed E-state index contributed by atoms with van der Waals surface area (Å²) in [5, 5.41) is 5.87. The summed E-state index contributed by atoms with van der Waals surface area (Å²) in [4.78, 5) is 26.7. The molecule has 0 spiro atoms. The van der Waals surface area contributed by atoms with Crippen LogP contribution in [0.15, 0.2) is 46.9 Å². The maximum atomic E-state index is 12.7. The molecule has 2 aromatic rings. The number of hydrogen-bond acceptors (Lipinski definition) is 5. The number of ether oxygens (including phenoxy) is 2. The van der Waals surface area contributed by atoms with Gasteiger partial charge in [-0.2, -0.15) is 0 Å². The maximum absolute atomic E-state index is 12.7. The first-order valence-electron chi connectivity index (χ1n) is 8.91. The number of halogens is 1. The second-order valence-corrected chi connectivity index (χ2v) is 7.14. The van der Waals surface area contributed by atoms with Crippen LogP contribution in [-0.4, -0.2) is 56.7 Å². The third-order valence-electron chi connectivity index (χ3n) is 4.31. The molecule has 28 heavy (non-hydrogen) atoms. The molecule has 1 saturated heterocycles. The summed E-state index contributed by atoms with van der Waals surface area (Å²) in [5.41, 5.74) is 1.84. The van der Waals surface area contributed by atoms with E-state index in [2.05, 4.69) is 26.6 Å². The van der Waals surface area contributed by atoms with E-state index in [0.29, 0.717) is 49.0 Å². The lowest BCUT2D eigenvalue weighted by molar-refractivity contribution is -0.114. The average Bonchev–Trinajstić information content (AvgIpc) is 2.73. The lowest BCUT2D eigenvalue weighted by atomic mass is 10.1. The van der Waals surface area contributed by atoms with Crippen LogP contribution in [0.25, 0.3) is 0 Å². The maximum Gasteiger partial charge on any atom is 0.254 e. The Morgan fingerprint density at radius 3 is 2.54 bits per heavy atom. The molecule has 0 saturated carbocycles. The van der Waals surface area contributed by atoms with Gasteiger partial charge in [-0.1, -0.05) is 15.9 Å². The van der Waals surface area contributed by atoms with Crippen LogP contribution in [0.3, 0.4) is 0 Å². The normalized spacial score (nSPS) is 13.7. The summed E-state index contributed by atoms with van der Waals surface area (Å²) >= 11 is 3.36. The Morgan fingerprint density at radius 2 is 1.86 bits per heavy atom. The third-order valence-corrected chi connectivity index (χ3v) is 4.84. The second-order valence-electron chi connectivity index (χ2n) is 6.23. The molecule has 0 aliphatic carbocycles. The topological polar surface area (TPSA) is 79.9 Å². The van der Waals surface area contributed by atoms with E-state index >= 15 is 0 Å². The van der Waals surface area contributed by atoms with Gasteiger partial charge >= 0.3 is 0 Å². The molecule has 8 heteroatoms. The summed E-state index contributed by atoms with van der Waals surface area (Å²) in [7, 11) is 1.55. The van der Waals surface area contributed by atoms with Gasteiger partial charge in [0.2, 0.25) is 5.91 Å². The number of carbonyl (C=O) groups excluding carboxylic acids is 2. The predicted molar refractivity (Wildman–Crippen MR) is 111 cm³/mol. The van der Waals surface area contributed by atoms with Gasteiger partial charge < -0.3 is 25.0 Å². The van der Waals surface area contributed by atoms with Crippen LogP contribution in [-0.2, 0) is 9.53 Å². The quantitative estimate of drug-likeness (QED) is 0.711. The first kappa shape index (κ1) is 20.2. The van der Waals surface area contributed by atoms with E-state index in [-0.39, 0.29) is 18.4 Å². The highest BCUT2D eigenvalue weighted by Gasteiger charge is 2.19. The Bertz CT molecular complexity index is 836. The molecule has 2 N–H and O–H groups in total. The molecular formula is C20H22BrN3O4. The largest absolute Gasteiger partial charge is 0.495 e. The number of anilines is 2. The fourth-order valence-electron chi connectivity index (χ4n) is 2.84. The SMILES string of the molecule is COc1ccc(C(=O)N2CCOCC2)cc1NCC(=O)Nc1ccc(Br)cc1. The number of nitrogens with zero attached hydrogens (tertiary/aromatic N) is 1. The van der Waals surface area contributed by atoms with E-state index in [0.717, 1.165) is 4.47 Å². The van der Waals surface area contributed by atoms with Crippen molar-refractivity contribution in [2.45, 2.75) is 0 Å². The summed E-state index contributed by atoms with van der Waals surface area (Å²) in [6.07, 6.45) is 0. The zero-order valence-corrected chi connectivity index (χ0v) is 17.1. The number of amides is 2. The molecule has 1 fully saturated rings. The van der Waals surface area contributed by atoms with Gasteiger partial charge in [0.05, 0.1) is 32.6 Å². The molecule has 0 atom stereocenters. The predicted octanol–water partition coefficient (Wildman–Crippen LogP) is 2.98. The molecule has 0 unspecified atom stereocenters. The Morgan fingerprint density at radius 1 is 1.14 bits per heavy atom. The number of rotatable bonds is 6. The first-order chi connectivity index (χ1) is 13.6. The van der Waals surface area contributed by atoms with Crippen LogP contribution in [0.1, 0.15) is 10.4 Å². The summed E-state index contributed by atoms with van der Waals surface area (Å²) < 4.78 is 11.6. The highest BCUT2D eigenvalue weighted by molar-refractivity contribution is 9.10. The van der Waals surface area contributed by atoms with Crippen molar-refractivity contribution in [2.75, 3.05) is 50.6 Å². The minimum atomic E-state index is -0.200. The number of morpholine rings is 1. The van der Waals surface area contributed by atoms with Gasteiger partial charge in [-0.15, -0.1) is 0 Å². The Labute approximate surface area is 172 Å². The Balaban J connectivity index is 1.65. The van der Waals surface area contributed by atoms with Crippen molar-refractivity contribution in [3.63, 3.8) is 0 Å². The molecule has 0 bridgehead atoms. The van der Waals surface area contributed by atoms with Crippen LogP contribution in [0.2, 0.25) is 0 Å². The minimum Gasteiger partial charge on any atom is -0.495 e. The number of nitrogens with one attached hydrogen (secondary N) is 2. The smallest absolute Gasteiger partial charge is 0.254 e. The molecule has 0 radical (unpaired) electrons. The summed E-state index contributed by atoms with van der Waals surface area (Å²) in [6.45, 7) is 2.28. The van der Waals surface area contributed by atoms with Gasteiger partial charge in [-0.05, 0) is 42.5 Å². The van der Waals surface area contributed by atoms with Crippen molar-refractivity contribution in [1.82, 2.24) is 4.90 Å². The van der Waals surface area contributed by atoms with Crippen molar-refractivity contribution in [3.05, 3.63) is 52.5 Å². The average molecular weight is 448 g/mol. The lowest BCUT2D eigenvalue weighted by Gasteiger charge is -2.27. The van der Waals surface area contributed by atoms with Gasteiger partial charge in [0, 0.05) is 28.8 Å². The van der Waals surface area contributed by atoms with Gasteiger partial charge in [-0.3, -0.25) is 9.59 Å². The molecule has 148 valence electrons. The summed E-state index contributed by atoms with van der Waals surface area (Å²) in [5.74, 6) is 0.303. The zero-order chi connectivity index (χ0) is 19.9. The highest BCUT2D eigenvalue weighted by atomic mass is 79.9. The molecule has 0 aromatic heterocycles. The molecule has 3 rings (SSSR count). The van der Waals surface area contributed by atoms with Crippen molar-refractivity contribution < 1.29 is 19.1 Å². The van der Waals surface area contributed by atoms with Gasteiger partial charge in [0.15, 0.2) is 0 Å². The first-order valence-corrected chi connectivity index (χ1v) is 9.70. The van der Waals surface area contributed by atoms with E-state index in [1.165, 1.54) is 0 Å².